The van der Waals surface area contributed by atoms with Gasteiger partial charge in [-0.25, -0.2) is 9.97 Å². The number of carbonyl (C=O) groups excluding carboxylic acids is 1. The molecule has 1 rings (SSSR count). The summed E-state index contributed by atoms with van der Waals surface area (Å²) in [5.41, 5.74) is 0. The van der Waals surface area contributed by atoms with Gasteiger partial charge in [0.05, 0.1) is 0 Å². The minimum Gasteiger partial charge on any atom is -0.294 e. The van der Waals surface area contributed by atoms with E-state index in [2.05, 4.69) is 29.1 Å². The third-order valence-corrected chi connectivity index (χ3v) is 2.71. The van der Waals surface area contributed by atoms with Gasteiger partial charge in [-0.2, -0.15) is 0 Å². The molecule has 0 atom stereocenters. The molecule has 0 fully saturated rings. The van der Waals surface area contributed by atoms with Crippen LogP contribution < -0.4 is 5.32 Å². The van der Waals surface area contributed by atoms with Crippen molar-refractivity contribution in [3.8, 4) is 0 Å². The van der Waals surface area contributed by atoms with E-state index in [1.54, 1.807) is 6.07 Å². The van der Waals surface area contributed by atoms with Gasteiger partial charge in [0.25, 0.3) is 0 Å². The molecule has 0 aliphatic carbocycles. The van der Waals surface area contributed by atoms with E-state index in [0.29, 0.717) is 5.15 Å². The number of aromatic nitrogens is 2. The highest BCUT2D eigenvalue weighted by Gasteiger charge is 2.17. The molecule has 0 aromatic carbocycles. The second kappa shape index (κ2) is 7.22. The van der Waals surface area contributed by atoms with Gasteiger partial charge in [-0.05, 0) is 18.9 Å². The quantitative estimate of drug-likeness (QED) is 0.794. The van der Waals surface area contributed by atoms with Crippen LogP contribution in [0, 0.1) is 5.92 Å². The molecular weight excluding hydrogens is 238 g/mol. The maximum absolute atomic E-state index is 12.0. The summed E-state index contributed by atoms with van der Waals surface area (Å²) in [4.78, 5) is 19.9. The van der Waals surface area contributed by atoms with E-state index < -0.39 is 0 Å². The molecule has 1 amide bonds. The summed E-state index contributed by atoms with van der Waals surface area (Å²) in [7, 11) is 0. The van der Waals surface area contributed by atoms with Crippen molar-refractivity contribution >= 4 is 23.5 Å². The van der Waals surface area contributed by atoms with Crippen molar-refractivity contribution < 1.29 is 4.79 Å². The number of carbonyl (C=O) groups is 1. The Morgan fingerprint density at radius 1 is 1.41 bits per heavy atom. The van der Waals surface area contributed by atoms with Crippen molar-refractivity contribution in [1.82, 2.24) is 9.97 Å². The molecule has 0 saturated heterocycles. The normalized spacial score (nSPS) is 10.6. The zero-order chi connectivity index (χ0) is 12.7. The number of amides is 1. The molecule has 1 aromatic heterocycles. The zero-order valence-corrected chi connectivity index (χ0v) is 11.0. The number of halogens is 1. The minimum absolute atomic E-state index is 0.0176. The first-order valence-electron chi connectivity index (χ1n) is 5.96. The van der Waals surface area contributed by atoms with E-state index in [4.69, 9.17) is 11.6 Å². The molecule has 0 aliphatic rings. The number of rotatable bonds is 6. The predicted molar refractivity (Wildman–Crippen MR) is 69.0 cm³/mol. The number of nitrogens with zero attached hydrogens (tertiary/aromatic N) is 2. The van der Waals surface area contributed by atoms with Crippen LogP contribution in [0.4, 0.5) is 5.95 Å². The van der Waals surface area contributed by atoms with Crippen LogP contribution >= 0.6 is 11.6 Å². The zero-order valence-electron chi connectivity index (χ0n) is 10.2. The van der Waals surface area contributed by atoms with E-state index in [0.717, 1.165) is 25.7 Å². The fraction of sp³-hybridized carbons (Fsp3) is 0.583. The average Bonchev–Trinajstić information content (AvgIpc) is 2.28. The summed E-state index contributed by atoms with van der Waals surface area (Å²) >= 11 is 5.73. The molecule has 0 bridgehead atoms. The van der Waals surface area contributed by atoms with Crippen molar-refractivity contribution in [2.24, 2.45) is 5.92 Å². The van der Waals surface area contributed by atoms with Crippen LogP contribution in [-0.4, -0.2) is 15.9 Å². The Balaban J connectivity index is 2.62. The minimum atomic E-state index is -0.0176. The first-order chi connectivity index (χ1) is 8.17. The van der Waals surface area contributed by atoms with Gasteiger partial charge in [0.1, 0.15) is 5.15 Å². The van der Waals surface area contributed by atoms with Crippen LogP contribution in [0.15, 0.2) is 12.3 Å². The van der Waals surface area contributed by atoms with Gasteiger partial charge in [-0.15, -0.1) is 0 Å². The highest BCUT2D eigenvalue weighted by atomic mass is 35.5. The molecule has 0 spiro atoms. The van der Waals surface area contributed by atoms with E-state index in [9.17, 15) is 4.79 Å². The summed E-state index contributed by atoms with van der Waals surface area (Å²) in [6.07, 6.45) is 5.29. The molecule has 94 valence electrons. The average molecular weight is 256 g/mol. The Bertz CT molecular complexity index is 365. The number of nitrogens with one attached hydrogen (secondary N) is 1. The van der Waals surface area contributed by atoms with Crippen molar-refractivity contribution in [1.29, 1.82) is 0 Å². The first kappa shape index (κ1) is 13.9. The third-order valence-electron chi connectivity index (χ3n) is 2.50. The van der Waals surface area contributed by atoms with Gasteiger partial charge in [0.15, 0.2) is 0 Å². The topological polar surface area (TPSA) is 54.9 Å². The fourth-order valence-corrected chi connectivity index (χ4v) is 1.85. The van der Waals surface area contributed by atoms with E-state index in [1.165, 1.54) is 6.20 Å². The molecule has 17 heavy (non-hydrogen) atoms. The van der Waals surface area contributed by atoms with E-state index in [-0.39, 0.29) is 17.8 Å². The lowest BCUT2D eigenvalue weighted by atomic mass is 9.97. The first-order valence-corrected chi connectivity index (χ1v) is 6.34. The molecule has 1 heterocycles. The van der Waals surface area contributed by atoms with Gasteiger partial charge in [0, 0.05) is 12.1 Å². The van der Waals surface area contributed by atoms with Crippen LogP contribution in [0.2, 0.25) is 5.15 Å². The summed E-state index contributed by atoms with van der Waals surface area (Å²) in [6.45, 7) is 4.15. The Hall–Kier alpha value is -1.16. The lowest BCUT2D eigenvalue weighted by Gasteiger charge is -2.14. The summed E-state index contributed by atoms with van der Waals surface area (Å²) < 4.78 is 0. The van der Waals surface area contributed by atoms with Crippen molar-refractivity contribution in [2.45, 2.75) is 39.5 Å². The van der Waals surface area contributed by atoms with Gasteiger partial charge in [-0.3, -0.25) is 10.1 Å². The lowest BCUT2D eigenvalue weighted by molar-refractivity contribution is -0.120. The summed E-state index contributed by atoms with van der Waals surface area (Å²) in [5, 5.41) is 3.04. The predicted octanol–water partition coefficient (Wildman–Crippen LogP) is 3.28. The molecule has 1 N–H and O–H groups in total. The van der Waals surface area contributed by atoms with Crippen molar-refractivity contribution in [2.75, 3.05) is 5.32 Å². The molecular formula is C12H18ClN3O. The smallest absolute Gasteiger partial charge is 0.230 e. The summed E-state index contributed by atoms with van der Waals surface area (Å²) in [5.74, 6) is 0.295. The maximum Gasteiger partial charge on any atom is 0.230 e. The standard InChI is InChI=1S/C12H18ClN3O/c1-3-5-9(6-4-2)11(17)16-12-14-8-7-10(13)15-12/h7-9H,3-6H2,1-2H3,(H,14,15,16,17). The second-order valence-electron chi connectivity index (χ2n) is 3.97. The van der Waals surface area contributed by atoms with Crippen LogP contribution in [0.1, 0.15) is 39.5 Å². The molecule has 0 unspecified atom stereocenters. The van der Waals surface area contributed by atoms with Crippen LogP contribution in [0.25, 0.3) is 0 Å². The molecule has 1 aromatic rings. The SMILES string of the molecule is CCCC(CCC)C(=O)Nc1nccc(Cl)n1. The largest absolute Gasteiger partial charge is 0.294 e. The molecule has 5 heteroatoms. The van der Waals surface area contributed by atoms with Crippen LogP contribution in [0.5, 0.6) is 0 Å². The number of hydrogen-bond donors (Lipinski definition) is 1. The Morgan fingerprint density at radius 3 is 2.59 bits per heavy atom. The Labute approximate surface area is 107 Å². The summed E-state index contributed by atoms with van der Waals surface area (Å²) in [6, 6.07) is 1.58. The van der Waals surface area contributed by atoms with Crippen LogP contribution in [-0.2, 0) is 4.79 Å². The molecule has 4 nitrogen and oxygen atoms in total. The van der Waals surface area contributed by atoms with Crippen molar-refractivity contribution in [3.63, 3.8) is 0 Å². The highest BCUT2D eigenvalue weighted by Crippen LogP contribution is 2.15. The van der Waals surface area contributed by atoms with Gasteiger partial charge in [-0.1, -0.05) is 38.3 Å². The molecule has 0 aliphatic heterocycles. The molecule has 0 saturated carbocycles. The van der Waals surface area contributed by atoms with E-state index in [1.807, 2.05) is 0 Å². The maximum atomic E-state index is 12.0. The molecule has 0 radical (unpaired) electrons. The number of hydrogen-bond acceptors (Lipinski definition) is 3. The van der Waals surface area contributed by atoms with Crippen LogP contribution in [0.3, 0.4) is 0 Å². The Morgan fingerprint density at radius 2 is 2.06 bits per heavy atom. The van der Waals surface area contributed by atoms with Gasteiger partial charge in [0.2, 0.25) is 11.9 Å². The van der Waals surface area contributed by atoms with Gasteiger partial charge < -0.3 is 0 Å². The number of anilines is 1. The van der Waals surface area contributed by atoms with Crippen molar-refractivity contribution in [3.05, 3.63) is 17.4 Å². The third kappa shape index (κ3) is 4.69. The monoisotopic (exact) mass is 255 g/mol. The van der Waals surface area contributed by atoms with E-state index >= 15 is 0 Å². The van der Waals surface area contributed by atoms with Gasteiger partial charge >= 0.3 is 0 Å². The highest BCUT2D eigenvalue weighted by molar-refractivity contribution is 6.29. The lowest BCUT2D eigenvalue weighted by Crippen LogP contribution is -2.23. The fourth-order valence-electron chi connectivity index (χ4n) is 1.71. The Kier molecular flexibility index (Phi) is 5.91. The second-order valence-corrected chi connectivity index (χ2v) is 4.35.